The van der Waals surface area contributed by atoms with Crippen molar-refractivity contribution >= 4 is 22.9 Å². The summed E-state index contributed by atoms with van der Waals surface area (Å²) in [6, 6.07) is 5.97. The van der Waals surface area contributed by atoms with Gasteiger partial charge in [0, 0.05) is 11.6 Å². The standard InChI is InChI=1S/C27H26O19/c28-7-3-1-6(2-4-7)9-5-8(29)10-11(30)20(43-26-16(35)12(31)14(33)22(45-26)24(38)39)18(37)21(19(10)42-9)44-27-17(36)13(32)15(34)23(46-27)25(40)41/h1-5,12-17,22-23,26-28,30-37H,(H,38,39)(H,40,41)/t12-,13-,14-,15-,16+,17+,22-,23-,26+,27+/m0/s1. The van der Waals surface area contributed by atoms with Gasteiger partial charge in [0.1, 0.15) is 53.5 Å². The van der Waals surface area contributed by atoms with Gasteiger partial charge in [0.2, 0.25) is 29.8 Å². The maximum atomic E-state index is 13.3. The Labute approximate surface area is 254 Å². The molecule has 0 unspecified atom stereocenters. The number of hydrogen-bond acceptors (Lipinski definition) is 17. The number of aliphatic carboxylic acids is 2. The fourth-order valence-corrected chi connectivity index (χ4v) is 4.83. The molecule has 5 rings (SSSR count). The average Bonchev–Trinajstić information content (AvgIpc) is 3.00. The molecule has 2 fully saturated rings. The SMILES string of the molecule is O=C(O)[C@H]1O[C@@H](Oc2c(O)c(O[C@@H]3O[C@H](C(=O)O)[C@@H](O)[C@H](O)[C@H]3O)c3oc(-c4ccc(O)cc4)cc(=O)c3c2O)[C@H](O)[C@@H](O)[C@@H]1O. The third-order valence-electron chi connectivity index (χ3n) is 7.28. The quantitative estimate of drug-likeness (QED) is 0.122. The Morgan fingerprint density at radius 3 is 1.61 bits per heavy atom. The zero-order valence-electron chi connectivity index (χ0n) is 22.8. The molecule has 10 atom stereocenters. The van der Waals surface area contributed by atoms with Crippen molar-refractivity contribution in [1.29, 1.82) is 0 Å². The number of carbonyl (C=O) groups is 2. The van der Waals surface area contributed by atoms with Gasteiger partial charge in [0.05, 0.1) is 0 Å². The normalized spacial score (nSPS) is 31.3. The molecule has 0 radical (unpaired) electrons. The number of aromatic hydroxyl groups is 3. The van der Waals surface area contributed by atoms with Crippen molar-refractivity contribution in [3.63, 3.8) is 0 Å². The van der Waals surface area contributed by atoms with Crippen LogP contribution in [0, 0.1) is 0 Å². The van der Waals surface area contributed by atoms with Crippen LogP contribution in [0.1, 0.15) is 0 Å². The second-order valence-corrected chi connectivity index (χ2v) is 10.3. The summed E-state index contributed by atoms with van der Waals surface area (Å²) in [5.74, 6) is -8.70. The number of benzene rings is 2. The van der Waals surface area contributed by atoms with Gasteiger partial charge in [-0.2, -0.15) is 0 Å². The first-order chi connectivity index (χ1) is 21.6. The van der Waals surface area contributed by atoms with Gasteiger partial charge in [-0.05, 0) is 24.3 Å². The molecule has 2 aromatic carbocycles. The van der Waals surface area contributed by atoms with Gasteiger partial charge in [-0.15, -0.1) is 0 Å². The number of phenolic OH excluding ortho intramolecular Hbond substituents is 3. The molecule has 3 aromatic rings. The molecule has 19 nitrogen and oxygen atoms in total. The number of aliphatic hydroxyl groups is 6. The summed E-state index contributed by atoms with van der Waals surface area (Å²) in [5, 5.41) is 111. The summed E-state index contributed by atoms with van der Waals surface area (Å²) in [6.45, 7) is 0. The molecule has 248 valence electrons. The molecule has 0 aliphatic carbocycles. The summed E-state index contributed by atoms with van der Waals surface area (Å²) >= 11 is 0. The Bertz CT molecular complexity index is 1700. The van der Waals surface area contributed by atoms with Gasteiger partial charge in [0.25, 0.3) is 0 Å². The molecule has 2 saturated heterocycles. The third-order valence-corrected chi connectivity index (χ3v) is 7.28. The minimum atomic E-state index is -2.24. The highest BCUT2D eigenvalue weighted by Crippen LogP contribution is 2.51. The second-order valence-electron chi connectivity index (χ2n) is 10.3. The largest absolute Gasteiger partial charge is 0.508 e. The number of carboxylic acids is 2. The van der Waals surface area contributed by atoms with Crippen molar-refractivity contribution < 1.29 is 89.1 Å². The number of rotatable bonds is 7. The van der Waals surface area contributed by atoms with Crippen LogP contribution >= 0.6 is 0 Å². The van der Waals surface area contributed by atoms with Crippen molar-refractivity contribution in [3.05, 3.63) is 40.6 Å². The molecular weight excluding hydrogens is 628 g/mol. The predicted molar refractivity (Wildman–Crippen MR) is 143 cm³/mol. The van der Waals surface area contributed by atoms with Gasteiger partial charge >= 0.3 is 11.9 Å². The Morgan fingerprint density at radius 2 is 1.13 bits per heavy atom. The van der Waals surface area contributed by atoms with E-state index in [-0.39, 0.29) is 17.1 Å². The lowest BCUT2D eigenvalue weighted by Crippen LogP contribution is -2.61. The van der Waals surface area contributed by atoms with Gasteiger partial charge < -0.3 is 79.5 Å². The van der Waals surface area contributed by atoms with E-state index >= 15 is 0 Å². The van der Waals surface area contributed by atoms with E-state index in [0.29, 0.717) is 0 Å². The molecule has 0 spiro atoms. The topological polar surface area (TPSA) is 324 Å². The van der Waals surface area contributed by atoms with Crippen molar-refractivity contribution in [1.82, 2.24) is 0 Å². The molecule has 0 bridgehead atoms. The van der Waals surface area contributed by atoms with E-state index in [1.165, 1.54) is 24.3 Å². The Balaban J connectivity index is 1.68. The Hall–Kier alpha value is -4.73. The van der Waals surface area contributed by atoms with Crippen molar-refractivity contribution in [2.45, 2.75) is 61.4 Å². The fraction of sp³-hybridized carbons (Fsp3) is 0.370. The maximum absolute atomic E-state index is 13.3. The first-order valence-electron chi connectivity index (χ1n) is 13.2. The number of fused-ring (bicyclic) bond motifs is 1. The molecular formula is C27H26O19. The van der Waals surface area contributed by atoms with Crippen molar-refractivity contribution in [2.24, 2.45) is 0 Å². The van der Waals surface area contributed by atoms with Crippen LogP contribution in [-0.4, -0.2) is 130 Å². The molecule has 0 saturated carbocycles. The molecule has 0 amide bonds. The minimum Gasteiger partial charge on any atom is -0.508 e. The van der Waals surface area contributed by atoms with Gasteiger partial charge in [-0.3, -0.25) is 4.79 Å². The van der Waals surface area contributed by atoms with E-state index in [0.717, 1.165) is 6.07 Å². The van der Waals surface area contributed by atoms with Crippen LogP contribution in [0.4, 0.5) is 0 Å². The zero-order chi connectivity index (χ0) is 33.8. The molecule has 3 heterocycles. The van der Waals surface area contributed by atoms with Crippen LogP contribution in [-0.2, 0) is 19.1 Å². The van der Waals surface area contributed by atoms with Crippen LogP contribution in [0.25, 0.3) is 22.3 Å². The molecule has 11 N–H and O–H groups in total. The van der Waals surface area contributed by atoms with E-state index in [2.05, 4.69) is 0 Å². The monoisotopic (exact) mass is 654 g/mol. The number of aliphatic hydroxyl groups excluding tert-OH is 6. The molecule has 19 heteroatoms. The number of ether oxygens (including phenoxy) is 4. The number of carboxylic acid groups (broad SMARTS) is 2. The third kappa shape index (κ3) is 5.61. The smallest absolute Gasteiger partial charge is 0.335 e. The first kappa shape index (κ1) is 32.7. The van der Waals surface area contributed by atoms with Crippen molar-refractivity contribution in [3.8, 4) is 40.1 Å². The van der Waals surface area contributed by atoms with Crippen LogP contribution < -0.4 is 14.9 Å². The van der Waals surface area contributed by atoms with E-state index in [4.69, 9.17) is 23.4 Å². The summed E-state index contributed by atoms with van der Waals surface area (Å²) < 4.78 is 26.6. The average molecular weight is 654 g/mol. The Morgan fingerprint density at radius 1 is 0.652 bits per heavy atom. The fourth-order valence-electron chi connectivity index (χ4n) is 4.83. The zero-order valence-corrected chi connectivity index (χ0v) is 22.8. The lowest BCUT2D eigenvalue weighted by molar-refractivity contribution is -0.272. The molecule has 2 aliphatic rings. The summed E-state index contributed by atoms with van der Waals surface area (Å²) in [5.41, 5.74) is -1.67. The Kier molecular flexibility index (Phi) is 8.68. The van der Waals surface area contributed by atoms with Crippen LogP contribution in [0.3, 0.4) is 0 Å². The predicted octanol–water partition coefficient (Wildman–Crippen LogP) is -2.88. The van der Waals surface area contributed by atoms with E-state index in [9.17, 15) is 70.6 Å². The lowest BCUT2D eigenvalue weighted by Gasteiger charge is -2.39. The van der Waals surface area contributed by atoms with Crippen molar-refractivity contribution in [2.75, 3.05) is 0 Å². The van der Waals surface area contributed by atoms with E-state index < -0.39 is 113 Å². The second kappa shape index (κ2) is 12.2. The maximum Gasteiger partial charge on any atom is 0.335 e. The van der Waals surface area contributed by atoms with E-state index in [1.54, 1.807) is 0 Å². The van der Waals surface area contributed by atoms with Gasteiger partial charge in [-0.1, -0.05) is 0 Å². The highest BCUT2D eigenvalue weighted by atomic mass is 16.7. The molecule has 46 heavy (non-hydrogen) atoms. The highest BCUT2D eigenvalue weighted by molar-refractivity contribution is 5.95. The summed E-state index contributed by atoms with van der Waals surface area (Å²) in [7, 11) is 0. The van der Waals surface area contributed by atoms with Gasteiger partial charge in [0.15, 0.2) is 29.0 Å². The molecule has 2 aliphatic heterocycles. The lowest BCUT2D eigenvalue weighted by atomic mass is 9.99. The van der Waals surface area contributed by atoms with Gasteiger partial charge in [-0.25, -0.2) is 9.59 Å². The highest BCUT2D eigenvalue weighted by Gasteiger charge is 2.50. The summed E-state index contributed by atoms with van der Waals surface area (Å²) in [6.07, 6.45) is -21.9. The number of hydrogen-bond donors (Lipinski definition) is 11. The number of phenols is 3. The van der Waals surface area contributed by atoms with Crippen LogP contribution in [0.2, 0.25) is 0 Å². The van der Waals surface area contributed by atoms with Crippen LogP contribution in [0.15, 0.2) is 39.5 Å². The minimum absolute atomic E-state index is 0.153. The molecule has 1 aromatic heterocycles. The van der Waals surface area contributed by atoms with Crippen LogP contribution in [0.5, 0.6) is 28.7 Å². The summed E-state index contributed by atoms with van der Waals surface area (Å²) in [4.78, 5) is 36.5. The van der Waals surface area contributed by atoms with E-state index in [1.807, 2.05) is 0 Å². The first-order valence-corrected chi connectivity index (χ1v) is 13.2.